The zero-order chi connectivity index (χ0) is 19.3. The molecule has 0 aliphatic rings. The number of pyridine rings is 1. The first-order valence-corrected chi connectivity index (χ1v) is 9.41. The van der Waals surface area contributed by atoms with Gasteiger partial charge in [0.1, 0.15) is 0 Å². The van der Waals surface area contributed by atoms with Crippen LogP contribution in [0.3, 0.4) is 0 Å². The Morgan fingerprint density at radius 3 is 2.32 bits per heavy atom. The summed E-state index contributed by atoms with van der Waals surface area (Å²) in [5.41, 5.74) is 5.66. The van der Waals surface area contributed by atoms with Gasteiger partial charge in [0.05, 0.1) is 5.52 Å². The smallest absolute Gasteiger partial charge is 0.167 e. The van der Waals surface area contributed by atoms with Gasteiger partial charge in [0, 0.05) is 23.6 Å². The molecule has 0 aliphatic heterocycles. The van der Waals surface area contributed by atoms with Crippen molar-refractivity contribution in [3.63, 3.8) is 0 Å². The molecule has 0 aliphatic carbocycles. The number of rotatable bonds is 5. The predicted octanol–water partition coefficient (Wildman–Crippen LogP) is 5.90. The summed E-state index contributed by atoms with van der Waals surface area (Å²) in [7, 11) is 0. The number of nitrogens with zero attached hydrogens (tertiary/aromatic N) is 1. The fraction of sp³-hybridized carbons (Fsp3) is 0.0769. The Balaban J connectivity index is 1.77. The SMILES string of the molecule is Cc1ccc2cccnc2c1CC(=O)/C(=C/c1ccccc1)c1ccccc1. The molecule has 4 rings (SSSR count). The maximum absolute atomic E-state index is 13.4. The van der Waals surface area contributed by atoms with Crippen molar-refractivity contribution in [3.05, 3.63) is 113 Å². The highest BCUT2D eigenvalue weighted by Crippen LogP contribution is 2.25. The van der Waals surface area contributed by atoms with E-state index in [9.17, 15) is 4.79 Å². The van der Waals surface area contributed by atoms with Gasteiger partial charge >= 0.3 is 0 Å². The van der Waals surface area contributed by atoms with Crippen molar-refractivity contribution in [2.75, 3.05) is 0 Å². The van der Waals surface area contributed by atoms with Crippen LogP contribution in [-0.4, -0.2) is 10.8 Å². The summed E-state index contributed by atoms with van der Waals surface area (Å²) >= 11 is 0. The van der Waals surface area contributed by atoms with Gasteiger partial charge in [0.15, 0.2) is 5.78 Å². The lowest BCUT2D eigenvalue weighted by Gasteiger charge is -2.12. The number of Topliss-reactive ketones (excluding diaryl/α,β-unsaturated/α-hetero) is 1. The number of hydrogen-bond acceptors (Lipinski definition) is 2. The number of hydrogen-bond donors (Lipinski definition) is 0. The second kappa shape index (κ2) is 8.01. The summed E-state index contributed by atoms with van der Waals surface area (Å²) in [6.07, 6.45) is 4.09. The minimum Gasteiger partial charge on any atom is -0.294 e. The van der Waals surface area contributed by atoms with Crippen LogP contribution in [0.2, 0.25) is 0 Å². The maximum atomic E-state index is 13.4. The molecular weight excluding hydrogens is 342 g/mol. The highest BCUT2D eigenvalue weighted by atomic mass is 16.1. The average Bonchev–Trinajstić information content (AvgIpc) is 2.75. The van der Waals surface area contributed by atoms with Gasteiger partial charge in [-0.05, 0) is 41.3 Å². The molecule has 0 fully saturated rings. The van der Waals surface area contributed by atoms with Crippen LogP contribution in [0.4, 0.5) is 0 Å². The van der Waals surface area contributed by atoms with Crippen LogP contribution >= 0.6 is 0 Å². The lowest BCUT2D eigenvalue weighted by Crippen LogP contribution is -2.08. The number of aryl methyl sites for hydroxylation is 1. The molecule has 0 radical (unpaired) electrons. The molecule has 0 bridgehead atoms. The van der Waals surface area contributed by atoms with E-state index in [0.29, 0.717) is 6.42 Å². The fourth-order valence-electron chi connectivity index (χ4n) is 3.44. The van der Waals surface area contributed by atoms with Crippen LogP contribution in [0.25, 0.3) is 22.6 Å². The van der Waals surface area contributed by atoms with Crippen molar-refractivity contribution >= 4 is 28.3 Å². The van der Waals surface area contributed by atoms with Crippen molar-refractivity contribution in [2.45, 2.75) is 13.3 Å². The fourth-order valence-corrected chi connectivity index (χ4v) is 3.44. The van der Waals surface area contributed by atoms with E-state index in [2.05, 4.69) is 17.1 Å². The van der Waals surface area contributed by atoms with Gasteiger partial charge in [0.25, 0.3) is 0 Å². The summed E-state index contributed by atoms with van der Waals surface area (Å²) in [6, 6.07) is 27.9. The molecule has 4 aromatic rings. The van der Waals surface area contributed by atoms with Crippen molar-refractivity contribution in [3.8, 4) is 0 Å². The van der Waals surface area contributed by atoms with Crippen molar-refractivity contribution in [1.29, 1.82) is 0 Å². The van der Waals surface area contributed by atoms with Crippen molar-refractivity contribution < 1.29 is 4.79 Å². The van der Waals surface area contributed by atoms with Gasteiger partial charge in [0.2, 0.25) is 0 Å². The Labute approximate surface area is 165 Å². The van der Waals surface area contributed by atoms with Crippen LogP contribution in [0.15, 0.2) is 91.1 Å². The molecule has 0 saturated carbocycles. The molecule has 28 heavy (non-hydrogen) atoms. The average molecular weight is 363 g/mol. The number of benzene rings is 3. The van der Waals surface area contributed by atoms with E-state index in [1.807, 2.05) is 85.8 Å². The van der Waals surface area contributed by atoms with Crippen LogP contribution in [0.1, 0.15) is 22.3 Å². The standard InChI is InChI=1S/C26H21NO/c1-19-14-15-22-13-8-16-27-26(22)23(19)18-25(28)24(21-11-6-3-7-12-21)17-20-9-4-2-5-10-20/h2-17H,18H2,1H3/b24-17+. The molecule has 0 unspecified atom stereocenters. The molecule has 0 amide bonds. The van der Waals surface area contributed by atoms with Gasteiger partial charge in [-0.3, -0.25) is 9.78 Å². The lowest BCUT2D eigenvalue weighted by atomic mass is 9.92. The normalized spacial score (nSPS) is 11.5. The second-order valence-electron chi connectivity index (χ2n) is 6.87. The minimum absolute atomic E-state index is 0.0938. The molecule has 136 valence electrons. The van der Waals surface area contributed by atoms with Crippen molar-refractivity contribution in [1.82, 2.24) is 4.98 Å². The van der Waals surface area contributed by atoms with E-state index in [-0.39, 0.29) is 5.78 Å². The molecule has 2 nitrogen and oxygen atoms in total. The predicted molar refractivity (Wildman–Crippen MR) is 116 cm³/mol. The van der Waals surface area contributed by atoms with E-state index in [1.165, 1.54) is 0 Å². The Kier molecular flexibility index (Phi) is 5.11. The molecule has 1 aromatic heterocycles. The molecule has 0 saturated heterocycles. The van der Waals surface area contributed by atoms with E-state index in [0.717, 1.165) is 38.7 Å². The van der Waals surface area contributed by atoms with E-state index in [1.54, 1.807) is 6.20 Å². The van der Waals surface area contributed by atoms with Crippen LogP contribution in [-0.2, 0) is 11.2 Å². The Morgan fingerprint density at radius 1 is 0.857 bits per heavy atom. The van der Waals surface area contributed by atoms with Gasteiger partial charge in [-0.1, -0.05) is 78.9 Å². The lowest BCUT2D eigenvalue weighted by molar-refractivity contribution is -0.113. The molecule has 1 heterocycles. The number of fused-ring (bicyclic) bond motifs is 1. The zero-order valence-corrected chi connectivity index (χ0v) is 15.8. The quantitative estimate of drug-likeness (QED) is 0.327. The first-order valence-electron chi connectivity index (χ1n) is 9.41. The van der Waals surface area contributed by atoms with Crippen LogP contribution < -0.4 is 0 Å². The highest BCUT2D eigenvalue weighted by Gasteiger charge is 2.16. The third kappa shape index (κ3) is 3.77. The van der Waals surface area contributed by atoms with E-state index >= 15 is 0 Å². The van der Waals surface area contributed by atoms with E-state index in [4.69, 9.17) is 0 Å². The third-order valence-electron chi connectivity index (χ3n) is 4.95. The number of carbonyl (C=O) groups is 1. The molecular formula is C26H21NO. The van der Waals surface area contributed by atoms with Crippen molar-refractivity contribution in [2.24, 2.45) is 0 Å². The molecule has 3 aromatic carbocycles. The Morgan fingerprint density at radius 2 is 1.57 bits per heavy atom. The first-order chi connectivity index (χ1) is 13.7. The third-order valence-corrected chi connectivity index (χ3v) is 4.95. The van der Waals surface area contributed by atoms with Gasteiger partial charge in [-0.15, -0.1) is 0 Å². The van der Waals surface area contributed by atoms with E-state index < -0.39 is 0 Å². The second-order valence-corrected chi connectivity index (χ2v) is 6.87. The minimum atomic E-state index is 0.0938. The van der Waals surface area contributed by atoms with Gasteiger partial charge in [-0.25, -0.2) is 0 Å². The molecule has 0 N–H and O–H groups in total. The summed E-state index contributed by atoms with van der Waals surface area (Å²) in [4.78, 5) is 18.0. The highest BCUT2D eigenvalue weighted by molar-refractivity contribution is 6.26. The monoisotopic (exact) mass is 363 g/mol. The molecule has 0 atom stereocenters. The van der Waals surface area contributed by atoms with Crippen LogP contribution in [0.5, 0.6) is 0 Å². The first kappa shape index (κ1) is 17.9. The summed E-state index contributed by atoms with van der Waals surface area (Å²) in [6.45, 7) is 2.04. The summed E-state index contributed by atoms with van der Waals surface area (Å²) in [5.74, 6) is 0.0938. The van der Waals surface area contributed by atoms with Crippen LogP contribution in [0, 0.1) is 6.92 Å². The van der Waals surface area contributed by atoms with Gasteiger partial charge < -0.3 is 0 Å². The summed E-state index contributed by atoms with van der Waals surface area (Å²) < 4.78 is 0. The largest absolute Gasteiger partial charge is 0.294 e. The maximum Gasteiger partial charge on any atom is 0.167 e. The number of ketones is 1. The molecule has 2 heteroatoms. The number of aromatic nitrogens is 1. The Hall–Kier alpha value is -3.52. The zero-order valence-electron chi connectivity index (χ0n) is 15.8. The van der Waals surface area contributed by atoms with Gasteiger partial charge in [-0.2, -0.15) is 0 Å². The number of allylic oxidation sites excluding steroid dienone is 1. The number of carbonyl (C=O) groups excluding carboxylic acids is 1. The Bertz CT molecular complexity index is 1140. The molecule has 0 spiro atoms. The summed E-state index contributed by atoms with van der Waals surface area (Å²) in [5, 5.41) is 1.06. The topological polar surface area (TPSA) is 30.0 Å².